The molecule has 1 aliphatic carbocycles. The Morgan fingerprint density at radius 3 is 2.80 bits per heavy atom. The highest BCUT2D eigenvalue weighted by atomic mass is 16.1. The van der Waals surface area contributed by atoms with Gasteiger partial charge in [0.1, 0.15) is 0 Å². The van der Waals surface area contributed by atoms with E-state index in [1.807, 2.05) is 6.07 Å². The molecule has 1 aromatic rings. The summed E-state index contributed by atoms with van der Waals surface area (Å²) >= 11 is 0. The van der Waals surface area contributed by atoms with E-state index < -0.39 is 0 Å². The Balaban J connectivity index is 2.22. The number of rotatable bonds is 4. The van der Waals surface area contributed by atoms with Gasteiger partial charge in [-0.25, -0.2) is 0 Å². The largest absolute Gasteiger partial charge is 0.345 e. The molecule has 0 saturated heterocycles. The minimum absolute atomic E-state index is 0.665. The van der Waals surface area contributed by atoms with Crippen molar-refractivity contribution >= 4 is 6.29 Å². The fraction of sp³-hybridized carbons (Fsp3) is 0.615. The Morgan fingerprint density at radius 2 is 2.27 bits per heavy atom. The lowest BCUT2D eigenvalue weighted by molar-refractivity contribution is 0.112. The van der Waals surface area contributed by atoms with Crippen molar-refractivity contribution in [3.8, 4) is 0 Å². The average Bonchev–Trinajstić information content (AvgIpc) is 2.88. The third kappa shape index (κ3) is 1.73. The molecule has 1 aliphatic rings. The zero-order chi connectivity index (χ0) is 11.0. The van der Waals surface area contributed by atoms with Crippen LogP contribution >= 0.6 is 0 Å². The molecule has 1 saturated carbocycles. The number of nitrogens with zero attached hydrogens (tertiary/aromatic N) is 1. The second kappa shape index (κ2) is 3.84. The van der Waals surface area contributed by atoms with Gasteiger partial charge in [-0.15, -0.1) is 0 Å². The normalized spacial score (nSPS) is 24.2. The number of carbonyl (C=O) groups is 1. The lowest BCUT2D eigenvalue weighted by Gasteiger charge is -2.08. The molecule has 0 spiro atoms. The smallest absolute Gasteiger partial charge is 0.151 e. The van der Waals surface area contributed by atoms with Crippen LogP contribution in [0.25, 0.3) is 0 Å². The van der Waals surface area contributed by atoms with Crippen LogP contribution in [0.15, 0.2) is 6.07 Å². The van der Waals surface area contributed by atoms with E-state index in [1.165, 1.54) is 25.0 Å². The van der Waals surface area contributed by atoms with Crippen molar-refractivity contribution in [1.29, 1.82) is 0 Å². The van der Waals surface area contributed by atoms with E-state index in [4.69, 9.17) is 0 Å². The van der Waals surface area contributed by atoms with E-state index in [0.29, 0.717) is 6.04 Å². The molecule has 1 heterocycles. The molecule has 2 rings (SSSR count). The molecule has 0 N–H and O–H groups in total. The number of carbonyl (C=O) groups excluding carboxylic acids is 1. The first kappa shape index (κ1) is 10.5. The lowest BCUT2D eigenvalue weighted by atomic mass is 10.2. The second-order valence-electron chi connectivity index (χ2n) is 4.67. The van der Waals surface area contributed by atoms with Crippen molar-refractivity contribution in [2.75, 3.05) is 0 Å². The third-order valence-electron chi connectivity index (χ3n) is 3.53. The minimum Gasteiger partial charge on any atom is -0.345 e. The second-order valence-corrected chi connectivity index (χ2v) is 4.67. The van der Waals surface area contributed by atoms with Gasteiger partial charge >= 0.3 is 0 Å². The Bertz CT molecular complexity index is 378. The Labute approximate surface area is 91.3 Å². The first-order chi connectivity index (χ1) is 7.19. The summed E-state index contributed by atoms with van der Waals surface area (Å²) in [6.07, 6.45) is 4.84. The predicted molar refractivity (Wildman–Crippen MR) is 61.3 cm³/mol. The first-order valence-corrected chi connectivity index (χ1v) is 5.82. The van der Waals surface area contributed by atoms with E-state index in [2.05, 4.69) is 25.3 Å². The topological polar surface area (TPSA) is 22.0 Å². The van der Waals surface area contributed by atoms with Crippen LogP contribution < -0.4 is 0 Å². The van der Waals surface area contributed by atoms with Crippen molar-refractivity contribution in [3.05, 3.63) is 23.0 Å². The van der Waals surface area contributed by atoms with Gasteiger partial charge in [-0.3, -0.25) is 4.79 Å². The van der Waals surface area contributed by atoms with Crippen molar-refractivity contribution < 1.29 is 4.79 Å². The fourth-order valence-corrected chi connectivity index (χ4v) is 2.66. The van der Waals surface area contributed by atoms with Crippen molar-refractivity contribution in [1.82, 2.24) is 4.57 Å². The van der Waals surface area contributed by atoms with Gasteiger partial charge in [0, 0.05) is 23.0 Å². The molecule has 1 aromatic heterocycles. The molecule has 0 radical (unpaired) electrons. The summed E-state index contributed by atoms with van der Waals surface area (Å²) in [6, 6.07) is 2.67. The van der Waals surface area contributed by atoms with Crippen molar-refractivity contribution in [3.63, 3.8) is 0 Å². The van der Waals surface area contributed by atoms with E-state index in [-0.39, 0.29) is 0 Å². The quantitative estimate of drug-likeness (QED) is 0.691. The van der Waals surface area contributed by atoms with Crippen LogP contribution in [0.1, 0.15) is 54.0 Å². The van der Waals surface area contributed by atoms with Crippen LogP contribution in [-0.4, -0.2) is 10.9 Å². The molecular weight excluding hydrogens is 186 g/mol. The molecule has 2 unspecified atom stereocenters. The molecule has 2 nitrogen and oxygen atoms in total. The van der Waals surface area contributed by atoms with Crippen molar-refractivity contribution in [2.24, 2.45) is 5.92 Å². The molecule has 15 heavy (non-hydrogen) atoms. The lowest BCUT2D eigenvalue weighted by Crippen LogP contribution is -2.01. The van der Waals surface area contributed by atoms with E-state index in [9.17, 15) is 4.79 Å². The van der Waals surface area contributed by atoms with Crippen LogP contribution in [-0.2, 0) is 0 Å². The summed E-state index contributed by atoms with van der Waals surface area (Å²) in [6.45, 7) is 6.39. The number of hydrogen-bond donors (Lipinski definition) is 0. The average molecular weight is 205 g/mol. The van der Waals surface area contributed by atoms with Gasteiger partial charge in [-0.05, 0) is 38.7 Å². The number of aromatic nitrogens is 1. The highest BCUT2D eigenvalue weighted by Gasteiger charge is 2.38. The predicted octanol–water partition coefficient (Wildman–Crippen LogP) is 3.28. The Hall–Kier alpha value is -1.05. The fourth-order valence-electron chi connectivity index (χ4n) is 2.66. The van der Waals surface area contributed by atoms with E-state index >= 15 is 0 Å². The monoisotopic (exact) mass is 205 g/mol. The molecule has 2 atom stereocenters. The van der Waals surface area contributed by atoms with Gasteiger partial charge in [0.15, 0.2) is 6.29 Å². The maximum Gasteiger partial charge on any atom is 0.151 e. The highest BCUT2D eigenvalue weighted by Crippen LogP contribution is 2.48. The minimum atomic E-state index is 0.665. The molecule has 1 fully saturated rings. The molecular formula is C13H19NO. The van der Waals surface area contributed by atoms with Crippen LogP contribution in [0, 0.1) is 19.8 Å². The summed E-state index contributed by atoms with van der Waals surface area (Å²) in [4.78, 5) is 10.8. The summed E-state index contributed by atoms with van der Waals surface area (Å²) in [5.74, 6) is 0.847. The van der Waals surface area contributed by atoms with Crippen LogP contribution in [0.4, 0.5) is 0 Å². The summed E-state index contributed by atoms with van der Waals surface area (Å²) < 4.78 is 2.35. The van der Waals surface area contributed by atoms with Gasteiger partial charge in [-0.2, -0.15) is 0 Å². The molecule has 0 aromatic carbocycles. The van der Waals surface area contributed by atoms with Crippen LogP contribution in [0.2, 0.25) is 0 Å². The van der Waals surface area contributed by atoms with Crippen molar-refractivity contribution in [2.45, 2.75) is 46.1 Å². The van der Waals surface area contributed by atoms with E-state index in [0.717, 1.165) is 23.5 Å². The molecule has 0 bridgehead atoms. The Morgan fingerprint density at radius 1 is 1.53 bits per heavy atom. The SMILES string of the molecule is CCCC1CC1n1c(C)cc(C=O)c1C. The van der Waals surface area contributed by atoms with Gasteiger partial charge in [0.2, 0.25) is 0 Å². The van der Waals surface area contributed by atoms with Crippen LogP contribution in [0.3, 0.4) is 0 Å². The summed E-state index contributed by atoms with van der Waals surface area (Å²) in [5, 5.41) is 0. The highest BCUT2D eigenvalue weighted by molar-refractivity contribution is 5.77. The maximum atomic E-state index is 10.8. The van der Waals surface area contributed by atoms with Gasteiger partial charge in [0.05, 0.1) is 0 Å². The van der Waals surface area contributed by atoms with Gasteiger partial charge in [-0.1, -0.05) is 13.3 Å². The molecule has 0 amide bonds. The standard InChI is InChI=1S/C13H19NO/c1-4-5-11-7-13(11)14-9(2)6-12(8-15)10(14)3/h6,8,11,13H,4-5,7H2,1-3H3. The molecule has 2 heteroatoms. The number of aryl methyl sites for hydroxylation is 1. The first-order valence-electron chi connectivity index (χ1n) is 5.82. The van der Waals surface area contributed by atoms with E-state index in [1.54, 1.807) is 0 Å². The number of aldehydes is 1. The zero-order valence-electron chi connectivity index (χ0n) is 9.79. The summed E-state index contributed by atoms with van der Waals surface area (Å²) in [5.41, 5.74) is 3.24. The molecule has 82 valence electrons. The summed E-state index contributed by atoms with van der Waals surface area (Å²) in [7, 11) is 0. The maximum absolute atomic E-state index is 10.8. The molecule has 0 aliphatic heterocycles. The van der Waals surface area contributed by atoms with Crippen LogP contribution in [0.5, 0.6) is 0 Å². The Kier molecular flexibility index (Phi) is 2.68. The zero-order valence-corrected chi connectivity index (χ0v) is 9.79. The third-order valence-corrected chi connectivity index (χ3v) is 3.53. The van der Waals surface area contributed by atoms with Gasteiger partial charge < -0.3 is 4.57 Å². The van der Waals surface area contributed by atoms with Gasteiger partial charge in [0.25, 0.3) is 0 Å². The number of hydrogen-bond acceptors (Lipinski definition) is 1.